The van der Waals surface area contributed by atoms with Crippen LogP contribution in [0.5, 0.6) is 0 Å². The number of hydrogen-bond donors (Lipinski definition) is 2. The molecule has 2 rings (SSSR count). The Hall–Kier alpha value is -1.36. The van der Waals surface area contributed by atoms with E-state index in [1.807, 2.05) is 5.38 Å². The molecule has 1 heterocycles. The van der Waals surface area contributed by atoms with Crippen LogP contribution in [-0.2, 0) is 11.2 Å². The third-order valence-electron chi connectivity index (χ3n) is 2.81. The van der Waals surface area contributed by atoms with Gasteiger partial charge in [0.2, 0.25) is 5.91 Å². The summed E-state index contributed by atoms with van der Waals surface area (Å²) in [7, 11) is 0. The molecule has 0 saturated heterocycles. The number of nitrogens with one attached hydrogen (secondary N) is 1. The van der Waals surface area contributed by atoms with Gasteiger partial charge in [0.15, 0.2) is 5.13 Å². The summed E-state index contributed by atoms with van der Waals surface area (Å²) in [6.45, 7) is 0.726. The molecule has 0 aromatic carbocycles. The maximum atomic E-state index is 11.6. The van der Waals surface area contributed by atoms with Crippen molar-refractivity contribution in [2.75, 3.05) is 12.3 Å². The second-order valence-electron chi connectivity index (χ2n) is 4.21. The SMILES string of the molecule is Nc1nc(CC(=O)NCCC2=CCCC2)cs1. The molecule has 1 aromatic rings. The van der Waals surface area contributed by atoms with Gasteiger partial charge in [-0.2, -0.15) is 0 Å². The highest BCUT2D eigenvalue weighted by Crippen LogP contribution is 2.19. The topological polar surface area (TPSA) is 68.0 Å². The van der Waals surface area contributed by atoms with Gasteiger partial charge in [-0.15, -0.1) is 11.3 Å². The summed E-state index contributed by atoms with van der Waals surface area (Å²) in [5.74, 6) is 0.0221. The normalized spacial score (nSPS) is 14.7. The lowest BCUT2D eigenvalue weighted by Gasteiger charge is -2.04. The zero-order valence-corrected chi connectivity index (χ0v) is 10.6. The molecule has 0 radical (unpaired) electrons. The minimum Gasteiger partial charge on any atom is -0.375 e. The van der Waals surface area contributed by atoms with Gasteiger partial charge in [-0.25, -0.2) is 4.98 Å². The number of carbonyl (C=O) groups is 1. The largest absolute Gasteiger partial charge is 0.375 e. The Balaban J connectivity index is 1.67. The first-order valence-electron chi connectivity index (χ1n) is 5.88. The fourth-order valence-electron chi connectivity index (χ4n) is 1.96. The molecule has 0 fully saturated rings. The average Bonchev–Trinajstić information content (AvgIpc) is 2.90. The number of nitrogen functional groups attached to an aromatic ring is 1. The van der Waals surface area contributed by atoms with Crippen molar-refractivity contribution in [3.63, 3.8) is 0 Å². The molecule has 92 valence electrons. The Labute approximate surface area is 105 Å². The van der Waals surface area contributed by atoms with Crippen LogP contribution in [0.2, 0.25) is 0 Å². The first-order chi connectivity index (χ1) is 8.24. The van der Waals surface area contributed by atoms with Gasteiger partial charge in [0.05, 0.1) is 12.1 Å². The zero-order chi connectivity index (χ0) is 12.1. The lowest BCUT2D eigenvalue weighted by Crippen LogP contribution is -2.26. The molecule has 1 aliphatic carbocycles. The highest BCUT2D eigenvalue weighted by molar-refractivity contribution is 7.13. The molecule has 5 heteroatoms. The van der Waals surface area contributed by atoms with Crippen LogP contribution in [0.4, 0.5) is 5.13 Å². The van der Waals surface area contributed by atoms with Crippen molar-refractivity contribution in [2.24, 2.45) is 0 Å². The van der Waals surface area contributed by atoms with E-state index in [-0.39, 0.29) is 5.91 Å². The molecule has 1 aliphatic rings. The zero-order valence-electron chi connectivity index (χ0n) is 9.74. The van der Waals surface area contributed by atoms with E-state index >= 15 is 0 Å². The van der Waals surface area contributed by atoms with Crippen molar-refractivity contribution in [2.45, 2.75) is 32.1 Å². The van der Waals surface area contributed by atoms with Crippen LogP contribution in [0, 0.1) is 0 Å². The fraction of sp³-hybridized carbons (Fsp3) is 0.500. The predicted octanol–water partition coefficient (Wildman–Crippen LogP) is 1.88. The van der Waals surface area contributed by atoms with Crippen LogP contribution >= 0.6 is 11.3 Å². The molecule has 3 N–H and O–H groups in total. The summed E-state index contributed by atoms with van der Waals surface area (Å²) in [6, 6.07) is 0. The highest BCUT2D eigenvalue weighted by atomic mass is 32.1. The maximum absolute atomic E-state index is 11.6. The third kappa shape index (κ3) is 3.85. The van der Waals surface area contributed by atoms with Gasteiger partial charge in [0.1, 0.15) is 0 Å². The lowest BCUT2D eigenvalue weighted by atomic mass is 10.1. The van der Waals surface area contributed by atoms with Crippen molar-refractivity contribution >= 4 is 22.4 Å². The van der Waals surface area contributed by atoms with Gasteiger partial charge in [-0.3, -0.25) is 4.79 Å². The molecule has 0 spiro atoms. The Morgan fingerprint density at radius 1 is 1.59 bits per heavy atom. The second kappa shape index (κ2) is 5.82. The number of amides is 1. The van der Waals surface area contributed by atoms with Crippen molar-refractivity contribution < 1.29 is 4.79 Å². The van der Waals surface area contributed by atoms with E-state index in [0.29, 0.717) is 11.6 Å². The Morgan fingerprint density at radius 3 is 3.12 bits per heavy atom. The average molecular weight is 251 g/mol. The van der Waals surface area contributed by atoms with E-state index in [1.54, 1.807) is 0 Å². The summed E-state index contributed by atoms with van der Waals surface area (Å²) < 4.78 is 0. The van der Waals surface area contributed by atoms with E-state index in [1.165, 1.54) is 36.2 Å². The van der Waals surface area contributed by atoms with E-state index in [9.17, 15) is 4.79 Å². The molecule has 0 atom stereocenters. The van der Waals surface area contributed by atoms with Crippen LogP contribution in [0.15, 0.2) is 17.0 Å². The van der Waals surface area contributed by atoms with Crippen LogP contribution < -0.4 is 11.1 Å². The highest BCUT2D eigenvalue weighted by Gasteiger charge is 2.07. The van der Waals surface area contributed by atoms with Crippen LogP contribution in [-0.4, -0.2) is 17.4 Å². The lowest BCUT2D eigenvalue weighted by molar-refractivity contribution is -0.120. The summed E-state index contributed by atoms with van der Waals surface area (Å²) in [5.41, 5.74) is 7.74. The molecule has 0 bridgehead atoms. The summed E-state index contributed by atoms with van der Waals surface area (Å²) in [4.78, 5) is 15.6. The van der Waals surface area contributed by atoms with Crippen LogP contribution in [0.1, 0.15) is 31.4 Å². The molecular weight excluding hydrogens is 234 g/mol. The van der Waals surface area contributed by atoms with E-state index < -0.39 is 0 Å². The Bertz CT molecular complexity index is 425. The summed E-state index contributed by atoms with van der Waals surface area (Å²) in [6.07, 6.45) is 7.24. The predicted molar refractivity (Wildman–Crippen MR) is 69.8 cm³/mol. The number of thiazole rings is 1. The second-order valence-corrected chi connectivity index (χ2v) is 5.10. The minimum absolute atomic E-state index is 0.0221. The third-order valence-corrected chi connectivity index (χ3v) is 3.54. The minimum atomic E-state index is 0.0221. The number of rotatable bonds is 5. The van der Waals surface area contributed by atoms with E-state index in [0.717, 1.165) is 18.7 Å². The molecule has 1 aromatic heterocycles. The molecule has 17 heavy (non-hydrogen) atoms. The van der Waals surface area contributed by atoms with Gasteiger partial charge in [0.25, 0.3) is 0 Å². The van der Waals surface area contributed by atoms with Gasteiger partial charge in [0, 0.05) is 11.9 Å². The Morgan fingerprint density at radius 2 is 2.47 bits per heavy atom. The van der Waals surface area contributed by atoms with Gasteiger partial charge in [-0.05, 0) is 25.7 Å². The number of anilines is 1. The van der Waals surface area contributed by atoms with Crippen molar-refractivity contribution in [1.82, 2.24) is 10.3 Å². The van der Waals surface area contributed by atoms with Gasteiger partial charge in [-0.1, -0.05) is 11.6 Å². The van der Waals surface area contributed by atoms with Gasteiger partial charge >= 0.3 is 0 Å². The molecular formula is C12H17N3OS. The number of nitrogens with zero attached hydrogens (tertiary/aromatic N) is 1. The number of carbonyl (C=O) groups excluding carboxylic acids is 1. The Kier molecular flexibility index (Phi) is 4.14. The van der Waals surface area contributed by atoms with Crippen LogP contribution in [0.25, 0.3) is 0 Å². The van der Waals surface area contributed by atoms with Crippen LogP contribution in [0.3, 0.4) is 0 Å². The molecule has 4 nitrogen and oxygen atoms in total. The standard InChI is InChI=1S/C12H17N3OS/c13-12-15-10(8-17-12)7-11(16)14-6-5-9-3-1-2-4-9/h3,8H,1-2,4-7H2,(H2,13,15)(H,14,16). The molecule has 1 amide bonds. The van der Waals surface area contributed by atoms with Crippen molar-refractivity contribution in [3.05, 3.63) is 22.7 Å². The maximum Gasteiger partial charge on any atom is 0.226 e. The van der Waals surface area contributed by atoms with E-state index in [4.69, 9.17) is 5.73 Å². The smallest absolute Gasteiger partial charge is 0.226 e. The first kappa shape index (κ1) is 12.1. The molecule has 0 aliphatic heterocycles. The van der Waals surface area contributed by atoms with E-state index in [2.05, 4.69) is 16.4 Å². The summed E-state index contributed by atoms with van der Waals surface area (Å²) in [5, 5.41) is 5.26. The number of aromatic nitrogens is 1. The quantitative estimate of drug-likeness (QED) is 0.785. The number of allylic oxidation sites excluding steroid dienone is 1. The molecule has 0 saturated carbocycles. The van der Waals surface area contributed by atoms with Crippen molar-refractivity contribution in [3.8, 4) is 0 Å². The fourth-order valence-corrected chi connectivity index (χ4v) is 2.52. The van der Waals surface area contributed by atoms with Gasteiger partial charge < -0.3 is 11.1 Å². The van der Waals surface area contributed by atoms with Crippen molar-refractivity contribution in [1.29, 1.82) is 0 Å². The monoisotopic (exact) mass is 251 g/mol. The number of nitrogens with two attached hydrogens (primary N) is 1. The number of hydrogen-bond acceptors (Lipinski definition) is 4. The molecule has 0 unspecified atom stereocenters. The summed E-state index contributed by atoms with van der Waals surface area (Å²) >= 11 is 1.37. The first-order valence-corrected chi connectivity index (χ1v) is 6.76.